The largest absolute Gasteiger partial charge is 0.491 e. The molecule has 1 atom stereocenters. The van der Waals surface area contributed by atoms with E-state index in [9.17, 15) is 14.0 Å². The predicted octanol–water partition coefficient (Wildman–Crippen LogP) is 2.43. The van der Waals surface area contributed by atoms with Crippen molar-refractivity contribution in [2.45, 2.75) is 25.5 Å². The third-order valence-electron chi connectivity index (χ3n) is 4.39. The molecular formula is C21H23FN2O4. The van der Waals surface area contributed by atoms with E-state index in [2.05, 4.69) is 10.6 Å². The van der Waals surface area contributed by atoms with Crippen molar-refractivity contribution in [3.05, 3.63) is 65.5 Å². The average molecular weight is 386 g/mol. The maximum atomic E-state index is 12.9. The fourth-order valence-electron chi connectivity index (χ4n) is 2.80. The van der Waals surface area contributed by atoms with E-state index < -0.39 is 11.7 Å². The summed E-state index contributed by atoms with van der Waals surface area (Å²) in [4.78, 5) is 23.8. The van der Waals surface area contributed by atoms with Crippen molar-refractivity contribution in [3.8, 4) is 5.75 Å². The van der Waals surface area contributed by atoms with Crippen LogP contribution in [0.4, 0.5) is 4.39 Å². The van der Waals surface area contributed by atoms with Crippen molar-refractivity contribution < 1.29 is 23.5 Å². The molecule has 0 radical (unpaired) electrons. The van der Waals surface area contributed by atoms with Crippen LogP contribution in [0.15, 0.2) is 48.5 Å². The Labute approximate surface area is 163 Å². The van der Waals surface area contributed by atoms with Gasteiger partial charge in [-0.25, -0.2) is 4.39 Å². The van der Waals surface area contributed by atoms with E-state index in [1.54, 1.807) is 0 Å². The molecule has 6 nitrogen and oxygen atoms in total. The van der Waals surface area contributed by atoms with Crippen molar-refractivity contribution in [3.63, 3.8) is 0 Å². The van der Waals surface area contributed by atoms with Gasteiger partial charge in [-0.05, 0) is 54.8 Å². The summed E-state index contributed by atoms with van der Waals surface area (Å²) in [6.07, 6.45) is 2.28. The fourth-order valence-corrected chi connectivity index (χ4v) is 2.80. The van der Waals surface area contributed by atoms with E-state index in [0.29, 0.717) is 18.7 Å². The van der Waals surface area contributed by atoms with Gasteiger partial charge < -0.3 is 20.1 Å². The van der Waals surface area contributed by atoms with E-state index in [-0.39, 0.29) is 18.6 Å². The second-order valence-electron chi connectivity index (χ2n) is 6.56. The summed E-state index contributed by atoms with van der Waals surface area (Å²) in [5.74, 6) is -0.396. The van der Waals surface area contributed by atoms with E-state index in [1.165, 1.54) is 24.3 Å². The van der Waals surface area contributed by atoms with Gasteiger partial charge in [0.25, 0.3) is 5.91 Å². The molecule has 7 heteroatoms. The van der Waals surface area contributed by atoms with Crippen molar-refractivity contribution in [1.82, 2.24) is 10.6 Å². The quantitative estimate of drug-likeness (QED) is 0.731. The zero-order valence-corrected chi connectivity index (χ0v) is 15.4. The first kappa shape index (κ1) is 19.8. The van der Waals surface area contributed by atoms with Gasteiger partial charge in [-0.15, -0.1) is 0 Å². The van der Waals surface area contributed by atoms with Gasteiger partial charge in [0.15, 0.2) is 0 Å². The molecule has 1 saturated heterocycles. The molecule has 0 bridgehead atoms. The first-order valence-corrected chi connectivity index (χ1v) is 9.24. The standard InChI is InChI=1S/C21H23FN2O4/c22-17-7-5-16(6-8-17)21(26)24-13-20(25)23-12-15-3-9-18(10-4-15)28-14-19-2-1-11-27-19/h3-10,19H,1-2,11-14H2,(H,23,25)(H,24,26). The number of carbonyl (C=O) groups is 2. The summed E-state index contributed by atoms with van der Waals surface area (Å²) in [5.41, 5.74) is 1.22. The van der Waals surface area contributed by atoms with Crippen molar-refractivity contribution in [1.29, 1.82) is 0 Å². The lowest BCUT2D eigenvalue weighted by molar-refractivity contribution is -0.120. The van der Waals surface area contributed by atoms with Gasteiger partial charge in [0, 0.05) is 18.7 Å². The van der Waals surface area contributed by atoms with Crippen LogP contribution in [0, 0.1) is 5.82 Å². The number of rotatable bonds is 8. The molecule has 2 N–H and O–H groups in total. The third-order valence-corrected chi connectivity index (χ3v) is 4.39. The van der Waals surface area contributed by atoms with Crippen molar-refractivity contribution in [2.75, 3.05) is 19.8 Å². The molecule has 2 aromatic rings. The van der Waals surface area contributed by atoms with E-state index in [4.69, 9.17) is 9.47 Å². The Bertz CT molecular complexity index is 787. The van der Waals surface area contributed by atoms with Crippen LogP contribution in [-0.4, -0.2) is 37.7 Å². The van der Waals surface area contributed by atoms with Gasteiger partial charge in [0.2, 0.25) is 5.91 Å². The second kappa shape index (κ2) is 9.85. The minimum Gasteiger partial charge on any atom is -0.491 e. The molecule has 148 valence electrons. The van der Waals surface area contributed by atoms with Crippen LogP contribution in [-0.2, 0) is 16.1 Å². The number of hydrogen-bond donors (Lipinski definition) is 2. The highest BCUT2D eigenvalue weighted by Gasteiger charge is 2.15. The molecule has 1 aliphatic heterocycles. The number of benzene rings is 2. The Morgan fingerprint density at radius 1 is 1.07 bits per heavy atom. The predicted molar refractivity (Wildman–Crippen MR) is 101 cm³/mol. The molecule has 0 aliphatic carbocycles. The maximum absolute atomic E-state index is 12.9. The molecule has 0 aromatic heterocycles. The highest BCUT2D eigenvalue weighted by atomic mass is 19.1. The van der Waals surface area contributed by atoms with Crippen LogP contribution in [0.5, 0.6) is 5.75 Å². The number of ether oxygens (including phenoxy) is 2. The fraction of sp³-hybridized carbons (Fsp3) is 0.333. The molecule has 2 amide bonds. The van der Waals surface area contributed by atoms with Crippen LogP contribution in [0.25, 0.3) is 0 Å². The smallest absolute Gasteiger partial charge is 0.251 e. The minimum absolute atomic E-state index is 0.154. The Balaban J connectivity index is 1.36. The van der Waals surface area contributed by atoms with E-state index >= 15 is 0 Å². The summed E-state index contributed by atoms with van der Waals surface area (Å²) in [6, 6.07) is 12.6. The Kier molecular flexibility index (Phi) is 6.97. The summed E-state index contributed by atoms with van der Waals surface area (Å²) >= 11 is 0. The monoisotopic (exact) mass is 386 g/mol. The lowest BCUT2D eigenvalue weighted by atomic mass is 10.2. The number of carbonyl (C=O) groups excluding carboxylic acids is 2. The first-order chi connectivity index (χ1) is 13.6. The number of nitrogens with one attached hydrogen (secondary N) is 2. The second-order valence-corrected chi connectivity index (χ2v) is 6.56. The summed E-state index contributed by atoms with van der Waals surface area (Å²) in [5, 5.41) is 5.24. The summed E-state index contributed by atoms with van der Waals surface area (Å²) < 4.78 is 24.1. The van der Waals surface area contributed by atoms with E-state index in [0.717, 1.165) is 30.8 Å². The highest BCUT2D eigenvalue weighted by molar-refractivity contribution is 5.96. The van der Waals surface area contributed by atoms with Crippen LogP contribution >= 0.6 is 0 Å². The van der Waals surface area contributed by atoms with Gasteiger partial charge in [0.1, 0.15) is 18.2 Å². The molecule has 0 spiro atoms. The van der Waals surface area contributed by atoms with Crippen molar-refractivity contribution in [2.24, 2.45) is 0 Å². The van der Waals surface area contributed by atoms with Crippen LogP contribution < -0.4 is 15.4 Å². The summed E-state index contributed by atoms with van der Waals surface area (Å²) in [7, 11) is 0. The number of hydrogen-bond acceptors (Lipinski definition) is 4. The van der Waals surface area contributed by atoms with Crippen LogP contribution in [0.2, 0.25) is 0 Å². The SMILES string of the molecule is O=C(CNC(=O)c1ccc(F)cc1)NCc1ccc(OCC2CCCO2)cc1. The Morgan fingerprint density at radius 2 is 1.82 bits per heavy atom. The zero-order valence-electron chi connectivity index (χ0n) is 15.4. The zero-order chi connectivity index (χ0) is 19.8. The molecule has 1 unspecified atom stereocenters. The Morgan fingerprint density at radius 3 is 2.50 bits per heavy atom. The lowest BCUT2D eigenvalue weighted by Gasteiger charge is -2.12. The number of halogens is 1. The molecule has 0 saturated carbocycles. The molecule has 3 rings (SSSR count). The molecule has 1 fully saturated rings. The molecule has 1 aliphatic rings. The summed E-state index contributed by atoms with van der Waals surface area (Å²) in [6.45, 7) is 1.54. The first-order valence-electron chi connectivity index (χ1n) is 9.24. The van der Waals surface area contributed by atoms with Gasteiger partial charge >= 0.3 is 0 Å². The van der Waals surface area contributed by atoms with Crippen LogP contribution in [0.1, 0.15) is 28.8 Å². The highest BCUT2D eigenvalue weighted by Crippen LogP contribution is 2.16. The van der Waals surface area contributed by atoms with Crippen molar-refractivity contribution >= 4 is 11.8 Å². The molecule has 1 heterocycles. The lowest BCUT2D eigenvalue weighted by Crippen LogP contribution is -2.36. The average Bonchev–Trinajstić information content (AvgIpc) is 3.24. The van der Waals surface area contributed by atoms with Gasteiger partial charge in [-0.1, -0.05) is 12.1 Å². The topological polar surface area (TPSA) is 76.7 Å². The maximum Gasteiger partial charge on any atom is 0.251 e. The molecular weight excluding hydrogens is 363 g/mol. The van der Waals surface area contributed by atoms with Gasteiger partial charge in [0.05, 0.1) is 12.6 Å². The van der Waals surface area contributed by atoms with Gasteiger partial charge in [-0.3, -0.25) is 9.59 Å². The molecule has 2 aromatic carbocycles. The Hall–Kier alpha value is -2.93. The van der Waals surface area contributed by atoms with Gasteiger partial charge in [-0.2, -0.15) is 0 Å². The van der Waals surface area contributed by atoms with Crippen LogP contribution in [0.3, 0.4) is 0 Å². The normalized spacial score (nSPS) is 15.8. The number of amides is 2. The van der Waals surface area contributed by atoms with E-state index in [1.807, 2.05) is 24.3 Å². The third kappa shape index (κ3) is 6.06. The minimum atomic E-state index is -0.428. The molecule has 28 heavy (non-hydrogen) atoms.